The first kappa shape index (κ1) is 13.8. The highest BCUT2D eigenvalue weighted by molar-refractivity contribution is 5.42. The molecule has 2 fully saturated rings. The summed E-state index contributed by atoms with van der Waals surface area (Å²) in [6.45, 7) is 3.95. The van der Waals surface area contributed by atoms with Crippen molar-refractivity contribution in [2.45, 2.75) is 50.8 Å². The smallest absolute Gasteiger partial charge is 0.128 e. The molecule has 1 aromatic heterocycles. The lowest BCUT2D eigenvalue weighted by atomic mass is 9.90. The Bertz CT molecular complexity index is 432. The maximum Gasteiger partial charge on any atom is 0.128 e. The lowest BCUT2D eigenvalue weighted by molar-refractivity contribution is -0.00898. The molecular formula is C16H25N3O. The van der Waals surface area contributed by atoms with Gasteiger partial charge in [-0.2, -0.15) is 0 Å². The number of rotatable bonds is 3. The van der Waals surface area contributed by atoms with Gasteiger partial charge in [-0.15, -0.1) is 0 Å². The number of nitrogens with one attached hydrogen (secondary N) is 1. The van der Waals surface area contributed by atoms with Crippen LogP contribution >= 0.6 is 0 Å². The molecule has 2 aliphatic rings. The average molecular weight is 275 g/mol. The average Bonchev–Trinajstić information content (AvgIpc) is 2.54. The molecule has 1 N–H and O–H groups in total. The number of nitrogens with zero attached hydrogens (tertiary/aromatic N) is 2. The van der Waals surface area contributed by atoms with Crippen molar-refractivity contribution < 1.29 is 4.74 Å². The summed E-state index contributed by atoms with van der Waals surface area (Å²) in [5, 5.41) is 3.25. The monoisotopic (exact) mass is 275 g/mol. The van der Waals surface area contributed by atoms with Gasteiger partial charge in [-0.25, -0.2) is 4.98 Å². The minimum atomic E-state index is 0.351. The number of pyridine rings is 1. The summed E-state index contributed by atoms with van der Waals surface area (Å²) >= 11 is 0. The summed E-state index contributed by atoms with van der Waals surface area (Å²) in [5.41, 5.74) is 1.24. The van der Waals surface area contributed by atoms with Gasteiger partial charge in [0.25, 0.3) is 0 Å². The van der Waals surface area contributed by atoms with Gasteiger partial charge in [0.2, 0.25) is 0 Å². The van der Waals surface area contributed by atoms with E-state index >= 15 is 0 Å². The number of aromatic nitrogens is 1. The SMILES string of the molecule is CNC(C)c1ccc(N2CCOC3CCCCC32)nc1. The van der Waals surface area contributed by atoms with Gasteiger partial charge >= 0.3 is 0 Å². The molecule has 1 aromatic rings. The van der Waals surface area contributed by atoms with Crippen LogP contribution in [-0.4, -0.2) is 37.3 Å². The number of morpholine rings is 1. The van der Waals surface area contributed by atoms with Crippen LogP contribution in [0.25, 0.3) is 0 Å². The summed E-state index contributed by atoms with van der Waals surface area (Å²) in [7, 11) is 1.98. The Balaban J connectivity index is 1.77. The molecule has 1 aliphatic carbocycles. The normalized spacial score (nSPS) is 28.0. The predicted molar refractivity (Wildman–Crippen MR) is 81.1 cm³/mol. The third-order valence-corrected chi connectivity index (χ3v) is 4.73. The van der Waals surface area contributed by atoms with Crippen molar-refractivity contribution in [3.8, 4) is 0 Å². The van der Waals surface area contributed by atoms with E-state index < -0.39 is 0 Å². The Hall–Kier alpha value is -1.13. The van der Waals surface area contributed by atoms with Gasteiger partial charge in [0, 0.05) is 18.8 Å². The molecule has 4 heteroatoms. The number of anilines is 1. The topological polar surface area (TPSA) is 37.4 Å². The molecule has 3 atom stereocenters. The van der Waals surface area contributed by atoms with E-state index in [0.717, 1.165) is 19.0 Å². The van der Waals surface area contributed by atoms with E-state index in [2.05, 4.69) is 29.3 Å². The molecule has 20 heavy (non-hydrogen) atoms. The first-order valence-corrected chi connectivity index (χ1v) is 7.81. The van der Waals surface area contributed by atoms with Crippen LogP contribution in [0.4, 0.5) is 5.82 Å². The molecular weight excluding hydrogens is 250 g/mol. The maximum atomic E-state index is 5.93. The van der Waals surface area contributed by atoms with Gasteiger partial charge < -0.3 is 15.0 Å². The molecule has 2 heterocycles. The molecule has 1 saturated heterocycles. The van der Waals surface area contributed by atoms with Crippen molar-refractivity contribution in [2.24, 2.45) is 0 Å². The van der Waals surface area contributed by atoms with Crippen molar-refractivity contribution in [1.82, 2.24) is 10.3 Å². The standard InChI is InChI=1S/C16H25N3O/c1-12(17-2)13-7-8-16(18-11-13)19-9-10-20-15-6-4-3-5-14(15)19/h7-8,11-12,14-15,17H,3-6,9-10H2,1-2H3. The number of ether oxygens (including phenoxy) is 1. The second-order valence-electron chi connectivity index (χ2n) is 5.91. The Kier molecular flexibility index (Phi) is 4.22. The fraction of sp³-hybridized carbons (Fsp3) is 0.688. The van der Waals surface area contributed by atoms with E-state index in [9.17, 15) is 0 Å². The van der Waals surface area contributed by atoms with Gasteiger partial charge in [0.1, 0.15) is 5.82 Å². The molecule has 0 aromatic carbocycles. The zero-order valence-corrected chi connectivity index (χ0v) is 12.5. The van der Waals surface area contributed by atoms with Gasteiger partial charge in [-0.1, -0.05) is 18.9 Å². The van der Waals surface area contributed by atoms with Crippen molar-refractivity contribution in [2.75, 3.05) is 25.1 Å². The summed E-state index contributed by atoms with van der Waals surface area (Å²) < 4.78 is 5.93. The summed E-state index contributed by atoms with van der Waals surface area (Å²) in [5.74, 6) is 1.11. The zero-order valence-electron chi connectivity index (χ0n) is 12.5. The summed E-state index contributed by atoms with van der Waals surface area (Å²) in [4.78, 5) is 7.15. The number of hydrogen-bond acceptors (Lipinski definition) is 4. The summed E-state index contributed by atoms with van der Waals surface area (Å²) in [6.07, 6.45) is 7.48. The third-order valence-electron chi connectivity index (χ3n) is 4.73. The van der Waals surface area contributed by atoms with Crippen LogP contribution in [0.15, 0.2) is 18.3 Å². The first-order valence-electron chi connectivity index (χ1n) is 7.81. The Morgan fingerprint density at radius 1 is 1.35 bits per heavy atom. The van der Waals surface area contributed by atoms with E-state index in [1.54, 1.807) is 0 Å². The Morgan fingerprint density at radius 2 is 2.20 bits per heavy atom. The Morgan fingerprint density at radius 3 is 2.95 bits per heavy atom. The zero-order chi connectivity index (χ0) is 13.9. The molecule has 3 unspecified atom stereocenters. The lowest BCUT2D eigenvalue weighted by Crippen LogP contribution is -2.53. The maximum absolute atomic E-state index is 5.93. The predicted octanol–water partition coefficient (Wildman–Crippen LogP) is 2.51. The second-order valence-corrected chi connectivity index (χ2v) is 5.91. The van der Waals surface area contributed by atoms with Crippen LogP contribution in [0.5, 0.6) is 0 Å². The van der Waals surface area contributed by atoms with Crippen molar-refractivity contribution in [3.63, 3.8) is 0 Å². The number of hydrogen-bond donors (Lipinski definition) is 1. The van der Waals surface area contributed by atoms with E-state index in [1.807, 2.05) is 13.2 Å². The number of fused-ring (bicyclic) bond motifs is 1. The molecule has 1 aliphatic heterocycles. The molecule has 4 nitrogen and oxygen atoms in total. The summed E-state index contributed by atoms with van der Waals surface area (Å²) in [6, 6.07) is 5.23. The van der Waals surface area contributed by atoms with Crippen LogP contribution in [0.2, 0.25) is 0 Å². The fourth-order valence-corrected chi connectivity index (χ4v) is 3.37. The van der Waals surface area contributed by atoms with E-state index in [4.69, 9.17) is 9.72 Å². The largest absolute Gasteiger partial charge is 0.374 e. The molecule has 0 amide bonds. The van der Waals surface area contributed by atoms with Gasteiger partial charge in [0.15, 0.2) is 0 Å². The van der Waals surface area contributed by atoms with Crippen LogP contribution in [0, 0.1) is 0 Å². The van der Waals surface area contributed by atoms with E-state index in [0.29, 0.717) is 18.2 Å². The fourth-order valence-electron chi connectivity index (χ4n) is 3.37. The van der Waals surface area contributed by atoms with Crippen LogP contribution in [0.1, 0.15) is 44.2 Å². The van der Waals surface area contributed by atoms with Crippen LogP contribution < -0.4 is 10.2 Å². The Labute approximate surface area is 121 Å². The van der Waals surface area contributed by atoms with Crippen molar-refractivity contribution in [1.29, 1.82) is 0 Å². The highest BCUT2D eigenvalue weighted by Gasteiger charge is 2.34. The van der Waals surface area contributed by atoms with Gasteiger partial charge in [-0.3, -0.25) is 0 Å². The minimum Gasteiger partial charge on any atom is -0.374 e. The second kappa shape index (κ2) is 6.10. The minimum absolute atomic E-state index is 0.351. The molecule has 1 saturated carbocycles. The molecule has 3 rings (SSSR count). The molecule has 0 spiro atoms. The van der Waals surface area contributed by atoms with Crippen molar-refractivity contribution >= 4 is 5.82 Å². The molecule has 0 bridgehead atoms. The molecule has 0 radical (unpaired) electrons. The van der Waals surface area contributed by atoms with Crippen molar-refractivity contribution in [3.05, 3.63) is 23.9 Å². The highest BCUT2D eigenvalue weighted by atomic mass is 16.5. The molecule has 110 valence electrons. The van der Waals surface area contributed by atoms with Gasteiger partial charge in [-0.05, 0) is 38.4 Å². The van der Waals surface area contributed by atoms with E-state index in [-0.39, 0.29) is 0 Å². The van der Waals surface area contributed by atoms with E-state index in [1.165, 1.54) is 31.2 Å². The quantitative estimate of drug-likeness (QED) is 0.920. The third kappa shape index (κ3) is 2.67. The van der Waals surface area contributed by atoms with Crippen LogP contribution in [-0.2, 0) is 4.74 Å². The van der Waals surface area contributed by atoms with Gasteiger partial charge in [0.05, 0.1) is 18.8 Å². The lowest BCUT2D eigenvalue weighted by Gasteiger charge is -2.44. The highest BCUT2D eigenvalue weighted by Crippen LogP contribution is 2.31. The first-order chi connectivity index (χ1) is 9.79. The van der Waals surface area contributed by atoms with Crippen LogP contribution in [0.3, 0.4) is 0 Å².